The SMILES string of the molecule is O=C1C=c2ccc(Cc3ccccc3)cc2=N1. The summed E-state index contributed by atoms with van der Waals surface area (Å²) in [6.45, 7) is 0. The van der Waals surface area contributed by atoms with E-state index < -0.39 is 0 Å². The number of amides is 1. The first-order valence-electron chi connectivity index (χ1n) is 5.58. The fourth-order valence-electron chi connectivity index (χ4n) is 2.03. The quantitative estimate of drug-likeness (QED) is 0.749. The summed E-state index contributed by atoms with van der Waals surface area (Å²) in [4.78, 5) is 15.1. The molecule has 0 radical (unpaired) electrons. The van der Waals surface area contributed by atoms with Crippen LogP contribution in [0.4, 0.5) is 0 Å². The van der Waals surface area contributed by atoms with Gasteiger partial charge < -0.3 is 0 Å². The molecule has 0 N–H and O–H groups in total. The van der Waals surface area contributed by atoms with Gasteiger partial charge in [0, 0.05) is 11.3 Å². The fourth-order valence-corrected chi connectivity index (χ4v) is 2.03. The van der Waals surface area contributed by atoms with E-state index in [1.807, 2.05) is 30.3 Å². The first-order valence-corrected chi connectivity index (χ1v) is 5.58. The minimum absolute atomic E-state index is 0.156. The first-order chi connectivity index (χ1) is 8.31. The minimum atomic E-state index is -0.156. The summed E-state index contributed by atoms with van der Waals surface area (Å²) in [6, 6.07) is 16.3. The van der Waals surface area contributed by atoms with Crippen LogP contribution < -0.4 is 10.6 Å². The van der Waals surface area contributed by atoms with E-state index in [1.165, 1.54) is 11.1 Å². The molecule has 0 atom stereocenters. The van der Waals surface area contributed by atoms with Gasteiger partial charge in [-0.2, -0.15) is 0 Å². The number of hydrogen-bond acceptors (Lipinski definition) is 1. The normalized spacial score (nSPS) is 12.8. The van der Waals surface area contributed by atoms with Crippen molar-refractivity contribution in [1.82, 2.24) is 0 Å². The van der Waals surface area contributed by atoms with Crippen LogP contribution in [0, 0.1) is 0 Å². The minimum Gasteiger partial charge on any atom is -0.267 e. The Morgan fingerprint density at radius 1 is 0.941 bits per heavy atom. The molecule has 0 aliphatic carbocycles. The van der Waals surface area contributed by atoms with Crippen molar-refractivity contribution < 1.29 is 4.79 Å². The monoisotopic (exact) mass is 221 g/mol. The maximum absolute atomic E-state index is 11.1. The molecule has 0 unspecified atom stereocenters. The Kier molecular flexibility index (Phi) is 2.33. The van der Waals surface area contributed by atoms with Gasteiger partial charge in [0.25, 0.3) is 5.91 Å². The van der Waals surface area contributed by atoms with Crippen LogP contribution in [0.1, 0.15) is 11.1 Å². The van der Waals surface area contributed by atoms with Crippen molar-refractivity contribution in [2.45, 2.75) is 6.42 Å². The molecule has 2 aromatic carbocycles. The Labute approximate surface area is 98.9 Å². The third-order valence-corrected chi connectivity index (χ3v) is 2.86. The van der Waals surface area contributed by atoms with Gasteiger partial charge in [0.15, 0.2) is 0 Å². The van der Waals surface area contributed by atoms with Crippen molar-refractivity contribution in [3.63, 3.8) is 0 Å². The molecule has 0 aromatic heterocycles. The molecule has 0 bridgehead atoms. The van der Waals surface area contributed by atoms with E-state index in [1.54, 1.807) is 6.08 Å². The summed E-state index contributed by atoms with van der Waals surface area (Å²) < 4.78 is 0. The van der Waals surface area contributed by atoms with Gasteiger partial charge in [-0.15, -0.1) is 0 Å². The van der Waals surface area contributed by atoms with Gasteiger partial charge in [-0.25, -0.2) is 4.99 Å². The average Bonchev–Trinajstić information content (AvgIpc) is 2.70. The fraction of sp³-hybridized carbons (Fsp3) is 0.0667. The largest absolute Gasteiger partial charge is 0.270 e. The lowest BCUT2D eigenvalue weighted by molar-refractivity contribution is -0.112. The van der Waals surface area contributed by atoms with Crippen LogP contribution in [0.2, 0.25) is 0 Å². The Morgan fingerprint density at radius 2 is 1.76 bits per heavy atom. The van der Waals surface area contributed by atoms with Gasteiger partial charge >= 0.3 is 0 Å². The molecule has 1 aliphatic rings. The summed E-state index contributed by atoms with van der Waals surface area (Å²) in [7, 11) is 0. The zero-order chi connectivity index (χ0) is 11.7. The third-order valence-electron chi connectivity index (χ3n) is 2.86. The van der Waals surface area contributed by atoms with E-state index in [0.717, 1.165) is 17.0 Å². The number of nitrogens with zero attached hydrogens (tertiary/aromatic N) is 1. The predicted octanol–water partition coefficient (Wildman–Crippen LogP) is 1.22. The summed E-state index contributed by atoms with van der Waals surface area (Å²) in [5, 5.41) is 1.72. The molecule has 0 saturated carbocycles. The van der Waals surface area contributed by atoms with Gasteiger partial charge in [0.1, 0.15) is 0 Å². The Morgan fingerprint density at radius 3 is 2.59 bits per heavy atom. The lowest BCUT2D eigenvalue weighted by Crippen LogP contribution is -2.21. The van der Waals surface area contributed by atoms with E-state index in [0.29, 0.717) is 0 Å². The molecule has 1 aliphatic heterocycles. The molecule has 1 amide bonds. The number of hydrogen-bond donors (Lipinski definition) is 0. The molecule has 0 saturated heterocycles. The molecule has 17 heavy (non-hydrogen) atoms. The lowest BCUT2D eigenvalue weighted by Gasteiger charge is -2.00. The maximum atomic E-state index is 11.1. The van der Waals surface area contributed by atoms with Gasteiger partial charge in [-0.1, -0.05) is 42.5 Å². The highest BCUT2D eigenvalue weighted by Crippen LogP contribution is 2.06. The summed E-state index contributed by atoms with van der Waals surface area (Å²) in [5.74, 6) is -0.156. The van der Waals surface area contributed by atoms with Crippen molar-refractivity contribution in [1.29, 1.82) is 0 Å². The smallest absolute Gasteiger partial charge is 0.267 e. The zero-order valence-corrected chi connectivity index (χ0v) is 9.26. The molecule has 3 rings (SSSR count). The van der Waals surface area contributed by atoms with Crippen LogP contribution in [0.3, 0.4) is 0 Å². The molecule has 0 spiro atoms. The number of rotatable bonds is 2. The third kappa shape index (κ3) is 2.02. The second kappa shape index (κ2) is 3.98. The van der Waals surface area contributed by atoms with Crippen LogP contribution >= 0.6 is 0 Å². The van der Waals surface area contributed by atoms with Crippen LogP contribution in [0.5, 0.6) is 0 Å². The summed E-state index contributed by atoms with van der Waals surface area (Å²) in [5.41, 5.74) is 2.45. The van der Waals surface area contributed by atoms with Crippen LogP contribution in [-0.2, 0) is 11.2 Å². The molecule has 2 nitrogen and oxygen atoms in total. The van der Waals surface area contributed by atoms with E-state index in [-0.39, 0.29) is 5.91 Å². The number of benzene rings is 2. The number of fused-ring (bicyclic) bond motifs is 1. The van der Waals surface area contributed by atoms with Crippen LogP contribution in [-0.4, -0.2) is 5.91 Å². The Balaban J connectivity index is 1.98. The predicted molar refractivity (Wildman–Crippen MR) is 65.9 cm³/mol. The highest BCUT2D eigenvalue weighted by atomic mass is 16.1. The Hall–Kier alpha value is -2.22. The van der Waals surface area contributed by atoms with Gasteiger partial charge in [0.05, 0.1) is 5.36 Å². The van der Waals surface area contributed by atoms with Gasteiger partial charge in [-0.05, 0) is 23.6 Å². The zero-order valence-electron chi connectivity index (χ0n) is 9.26. The maximum Gasteiger partial charge on any atom is 0.270 e. The number of carbonyl (C=O) groups excluding carboxylic acids is 1. The van der Waals surface area contributed by atoms with Crippen LogP contribution in [0.25, 0.3) is 6.08 Å². The molecule has 0 fully saturated rings. The highest BCUT2D eigenvalue weighted by Gasteiger charge is 2.04. The molecule has 82 valence electrons. The van der Waals surface area contributed by atoms with E-state index in [4.69, 9.17) is 0 Å². The van der Waals surface area contributed by atoms with Crippen molar-refractivity contribution >= 4 is 12.0 Å². The van der Waals surface area contributed by atoms with E-state index in [2.05, 4.69) is 23.2 Å². The second-order valence-corrected chi connectivity index (χ2v) is 4.15. The van der Waals surface area contributed by atoms with E-state index in [9.17, 15) is 4.79 Å². The first kappa shape index (κ1) is 9.97. The van der Waals surface area contributed by atoms with Gasteiger partial charge in [0.2, 0.25) is 0 Å². The van der Waals surface area contributed by atoms with E-state index >= 15 is 0 Å². The molecule has 2 heteroatoms. The molecular weight excluding hydrogens is 210 g/mol. The molecule has 1 heterocycles. The van der Waals surface area contributed by atoms with Crippen molar-refractivity contribution in [2.24, 2.45) is 4.99 Å². The van der Waals surface area contributed by atoms with Crippen molar-refractivity contribution in [3.8, 4) is 0 Å². The Bertz CT molecular complexity index is 687. The van der Waals surface area contributed by atoms with Crippen molar-refractivity contribution in [3.05, 3.63) is 70.2 Å². The second-order valence-electron chi connectivity index (χ2n) is 4.15. The molecule has 2 aromatic rings. The highest BCUT2D eigenvalue weighted by molar-refractivity contribution is 6.06. The lowest BCUT2D eigenvalue weighted by atomic mass is 10.0. The number of carbonyl (C=O) groups is 1. The average molecular weight is 221 g/mol. The van der Waals surface area contributed by atoms with Crippen LogP contribution in [0.15, 0.2) is 53.5 Å². The summed E-state index contributed by atoms with van der Waals surface area (Å²) >= 11 is 0. The molecular formula is C15H11NO. The van der Waals surface area contributed by atoms with Crippen molar-refractivity contribution in [2.75, 3.05) is 0 Å². The standard InChI is InChI=1S/C15H11NO/c17-15-10-13-7-6-12(9-14(13)16-15)8-11-4-2-1-3-5-11/h1-7,9-10H,8H2. The van der Waals surface area contributed by atoms with Gasteiger partial charge in [-0.3, -0.25) is 4.79 Å². The summed E-state index contributed by atoms with van der Waals surface area (Å²) in [6.07, 6.45) is 2.44. The topological polar surface area (TPSA) is 29.4 Å².